The Bertz CT molecular complexity index is 1330. The summed E-state index contributed by atoms with van der Waals surface area (Å²) in [6.45, 7) is 2.17. The molecule has 0 unspecified atom stereocenters. The molecule has 34 heavy (non-hydrogen) atoms. The highest BCUT2D eigenvalue weighted by molar-refractivity contribution is 7.88. The highest BCUT2D eigenvalue weighted by atomic mass is 32.2. The van der Waals surface area contributed by atoms with Crippen LogP contribution in [0.4, 0.5) is 0 Å². The summed E-state index contributed by atoms with van der Waals surface area (Å²) in [6.07, 6.45) is 2.74. The van der Waals surface area contributed by atoms with Gasteiger partial charge in [-0.2, -0.15) is 0 Å². The topological polar surface area (TPSA) is 71.8 Å². The van der Waals surface area contributed by atoms with Crippen LogP contribution >= 0.6 is 0 Å². The summed E-state index contributed by atoms with van der Waals surface area (Å²) in [5.41, 5.74) is 3.04. The van der Waals surface area contributed by atoms with Gasteiger partial charge in [0.2, 0.25) is 10.0 Å². The molecule has 0 N–H and O–H groups in total. The predicted octanol–water partition coefficient (Wildman–Crippen LogP) is 3.41. The smallest absolute Gasteiger partial charge is 0.258 e. The van der Waals surface area contributed by atoms with Gasteiger partial charge in [-0.1, -0.05) is 30.3 Å². The van der Waals surface area contributed by atoms with E-state index in [1.54, 1.807) is 7.11 Å². The third-order valence-corrected chi connectivity index (χ3v) is 7.90. The number of nitrogens with zero attached hydrogens (tertiary/aromatic N) is 3. The van der Waals surface area contributed by atoms with Gasteiger partial charge in [-0.3, -0.25) is 4.79 Å². The first-order valence-electron chi connectivity index (χ1n) is 11.6. The van der Waals surface area contributed by atoms with Gasteiger partial charge in [0.25, 0.3) is 5.56 Å². The molecule has 7 nitrogen and oxygen atoms in total. The molecule has 1 fully saturated rings. The van der Waals surface area contributed by atoms with Gasteiger partial charge in [0.1, 0.15) is 5.75 Å². The van der Waals surface area contributed by atoms with Crippen molar-refractivity contribution in [2.45, 2.75) is 25.9 Å². The van der Waals surface area contributed by atoms with Crippen molar-refractivity contribution in [2.75, 3.05) is 40.6 Å². The van der Waals surface area contributed by atoms with Crippen LogP contribution < -0.4 is 10.3 Å². The zero-order valence-corrected chi connectivity index (χ0v) is 21.1. The van der Waals surface area contributed by atoms with Gasteiger partial charge in [0.05, 0.1) is 13.4 Å². The van der Waals surface area contributed by atoms with Crippen LogP contribution in [0.15, 0.2) is 53.3 Å². The third-order valence-electron chi connectivity index (χ3n) is 6.60. The summed E-state index contributed by atoms with van der Waals surface area (Å²) in [5, 5.41) is 1.55. The molecule has 0 bridgehead atoms. The van der Waals surface area contributed by atoms with Crippen molar-refractivity contribution in [3.8, 4) is 16.9 Å². The van der Waals surface area contributed by atoms with Gasteiger partial charge < -0.3 is 14.2 Å². The summed E-state index contributed by atoms with van der Waals surface area (Å²) >= 11 is 0. The maximum Gasteiger partial charge on any atom is 0.258 e. The van der Waals surface area contributed by atoms with Crippen LogP contribution in [-0.2, 0) is 23.1 Å². The van der Waals surface area contributed by atoms with Crippen molar-refractivity contribution in [2.24, 2.45) is 5.92 Å². The lowest BCUT2D eigenvalue weighted by Crippen LogP contribution is -2.40. The number of hydrogen-bond acceptors (Lipinski definition) is 5. The largest absolute Gasteiger partial charge is 0.497 e. The van der Waals surface area contributed by atoms with Crippen LogP contribution in [-0.4, -0.2) is 62.7 Å². The molecule has 0 radical (unpaired) electrons. The van der Waals surface area contributed by atoms with Crippen LogP contribution in [0.2, 0.25) is 0 Å². The molecule has 8 heteroatoms. The van der Waals surface area contributed by atoms with E-state index in [9.17, 15) is 13.2 Å². The number of fused-ring (bicyclic) bond motifs is 1. The van der Waals surface area contributed by atoms with Crippen LogP contribution in [0.25, 0.3) is 21.9 Å². The summed E-state index contributed by atoms with van der Waals surface area (Å²) in [5.74, 6) is 0.946. The van der Waals surface area contributed by atoms with E-state index < -0.39 is 10.0 Å². The summed E-state index contributed by atoms with van der Waals surface area (Å²) in [6, 6.07) is 15.8. The standard InChI is InChI=1S/C26H33N3O4S/c1-27(2)18-24-25(20-8-6-5-7-9-20)23-16-21(33-3)10-11-22(23)26(30)29(24)17-19-12-14-28(15-13-19)34(4,31)32/h5-11,16,19H,12-15,17-18H2,1-4H3. The summed E-state index contributed by atoms with van der Waals surface area (Å²) in [7, 11) is 2.45. The Labute approximate surface area is 201 Å². The summed E-state index contributed by atoms with van der Waals surface area (Å²) < 4.78 is 32.8. The Hall–Kier alpha value is -2.68. The van der Waals surface area contributed by atoms with Crippen molar-refractivity contribution in [3.05, 3.63) is 64.6 Å². The number of ether oxygens (including phenoxy) is 1. The fourth-order valence-corrected chi connectivity index (χ4v) is 5.74. The first-order chi connectivity index (χ1) is 16.2. The molecule has 182 valence electrons. The van der Waals surface area contributed by atoms with E-state index in [1.807, 2.05) is 55.1 Å². The van der Waals surface area contributed by atoms with Crippen LogP contribution in [0.3, 0.4) is 0 Å². The highest BCUT2D eigenvalue weighted by Gasteiger charge is 2.27. The van der Waals surface area contributed by atoms with E-state index in [0.29, 0.717) is 37.3 Å². The van der Waals surface area contributed by atoms with Crippen LogP contribution in [0.1, 0.15) is 18.5 Å². The van der Waals surface area contributed by atoms with Gasteiger partial charge in [-0.15, -0.1) is 0 Å². The second-order valence-electron chi connectivity index (χ2n) is 9.36. The molecule has 0 aliphatic carbocycles. The maximum atomic E-state index is 13.8. The molecule has 1 aliphatic heterocycles. The lowest BCUT2D eigenvalue weighted by molar-refractivity contribution is 0.248. The Morgan fingerprint density at radius 3 is 2.29 bits per heavy atom. The Balaban J connectivity index is 1.88. The van der Waals surface area contributed by atoms with E-state index >= 15 is 0 Å². The van der Waals surface area contributed by atoms with Gasteiger partial charge in [-0.05, 0) is 56.6 Å². The molecule has 3 aromatic rings. The molecule has 4 rings (SSSR count). The minimum Gasteiger partial charge on any atom is -0.497 e. The average Bonchev–Trinajstić information content (AvgIpc) is 2.81. The first-order valence-corrected chi connectivity index (χ1v) is 13.4. The molecule has 0 amide bonds. The van der Waals surface area contributed by atoms with E-state index in [-0.39, 0.29) is 11.5 Å². The Morgan fingerprint density at radius 1 is 1.03 bits per heavy atom. The number of aromatic nitrogens is 1. The number of sulfonamides is 1. The van der Waals surface area contributed by atoms with Crippen molar-refractivity contribution in [1.82, 2.24) is 13.8 Å². The van der Waals surface area contributed by atoms with Gasteiger partial charge in [-0.25, -0.2) is 12.7 Å². The Kier molecular flexibility index (Phi) is 7.12. The minimum absolute atomic E-state index is 0.0141. The second kappa shape index (κ2) is 9.90. The van der Waals surface area contributed by atoms with Crippen LogP contribution in [0.5, 0.6) is 5.75 Å². The molecule has 0 saturated carbocycles. The van der Waals surface area contributed by atoms with Crippen molar-refractivity contribution < 1.29 is 13.2 Å². The van der Waals surface area contributed by atoms with E-state index in [0.717, 1.165) is 35.0 Å². The number of methoxy groups -OCH3 is 1. The lowest BCUT2D eigenvalue weighted by Gasteiger charge is -2.32. The van der Waals surface area contributed by atoms with Gasteiger partial charge in [0, 0.05) is 48.2 Å². The number of hydrogen-bond donors (Lipinski definition) is 0. The molecule has 1 aliphatic rings. The quantitative estimate of drug-likeness (QED) is 0.515. The molecule has 2 aromatic carbocycles. The first kappa shape index (κ1) is 24.4. The van der Waals surface area contributed by atoms with Gasteiger partial charge in [0.15, 0.2) is 0 Å². The molecule has 1 saturated heterocycles. The van der Waals surface area contributed by atoms with Gasteiger partial charge >= 0.3 is 0 Å². The molecular formula is C26H33N3O4S. The number of rotatable bonds is 7. The average molecular weight is 484 g/mol. The number of pyridine rings is 1. The molecule has 0 atom stereocenters. The Morgan fingerprint density at radius 2 is 1.71 bits per heavy atom. The fraction of sp³-hybridized carbons (Fsp3) is 0.423. The van der Waals surface area contributed by atoms with Crippen molar-refractivity contribution >= 4 is 20.8 Å². The van der Waals surface area contributed by atoms with E-state index in [1.165, 1.54) is 10.6 Å². The molecule has 1 aromatic heterocycles. The molecular weight excluding hydrogens is 450 g/mol. The zero-order chi connectivity index (χ0) is 24.5. The zero-order valence-electron chi connectivity index (χ0n) is 20.3. The fourth-order valence-electron chi connectivity index (χ4n) is 4.87. The lowest BCUT2D eigenvalue weighted by atomic mass is 9.94. The van der Waals surface area contributed by atoms with Crippen LogP contribution in [0, 0.1) is 5.92 Å². The van der Waals surface area contributed by atoms with Crippen molar-refractivity contribution in [1.29, 1.82) is 0 Å². The van der Waals surface area contributed by atoms with E-state index in [4.69, 9.17) is 4.74 Å². The monoisotopic (exact) mass is 483 g/mol. The number of piperidine rings is 1. The predicted molar refractivity (Wildman–Crippen MR) is 137 cm³/mol. The normalized spacial score (nSPS) is 15.8. The van der Waals surface area contributed by atoms with E-state index in [2.05, 4.69) is 17.0 Å². The highest BCUT2D eigenvalue weighted by Crippen LogP contribution is 2.34. The SMILES string of the molecule is COc1ccc2c(=O)n(CC3CCN(S(C)(=O)=O)CC3)c(CN(C)C)c(-c3ccccc3)c2c1. The minimum atomic E-state index is -3.19. The molecule has 2 heterocycles. The van der Waals surface area contributed by atoms with Crippen molar-refractivity contribution in [3.63, 3.8) is 0 Å². The maximum absolute atomic E-state index is 13.8. The third kappa shape index (κ3) is 5.04. The number of benzene rings is 2. The second-order valence-corrected chi connectivity index (χ2v) is 11.3. The summed E-state index contributed by atoms with van der Waals surface area (Å²) in [4.78, 5) is 15.9. The molecule has 0 spiro atoms.